The molecule has 0 bridgehead atoms. The van der Waals surface area contributed by atoms with Gasteiger partial charge in [-0.15, -0.1) is 0 Å². The fourth-order valence-corrected chi connectivity index (χ4v) is 8.60. The maximum Gasteiger partial charge on any atom is 0.414 e. The molecule has 58 heavy (non-hydrogen) atoms. The lowest BCUT2D eigenvalue weighted by molar-refractivity contribution is -0.133. The van der Waals surface area contributed by atoms with Gasteiger partial charge in [0.05, 0.1) is 18.5 Å². The van der Waals surface area contributed by atoms with Gasteiger partial charge in [-0.25, -0.2) is 28.3 Å². The molecule has 8 rings (SSSR count). The number of benzene rings is 2. The van der Waals surface area contributed by atoms with Crippen LogP contribution >= 0.6 is 0 Å². The number of carbonyl (C=O) groups is 4. The molecule has 4 saturated heterocycles. The topological polar surface area (TPSA) is 162 Å². The molecule has 4 amide bonds. The largest absolute Gasteiger partial charge is 0.449 e. The minimum Gasteiger partial charge on any atom is -0.449 e. The van der Waals surface area contributed by atoms with Gasteiger partial charge in [0.1, 0.15) is 23.7 Å². The molecule has 5 heterocycles. The van der Waals surface area contributed by atoms with Crippen molar-refractivity contribution >= 4 is 47.0 Å². The number of ether oxygens (including phenoxy) is 2. The van der Waals surface area contributed by atoms with Gasteiger partial charge in [0.25, 0.3) is 0 Å². The molecule has 1 unspecified atom stereocenters. The number of anilines is 4. The number of rotatable bonds is 9. The van der Waals surface area contributed by atoms with E-state index in [2.05, 4.69) is 30.8 Å². The van der Waals surface area contributed by atoms with Crippen molar-refractivity contribution in [2.75, 3.05) is 72.9 Å². The average molecular weight is 802 g/mol. The van der Waals surface area contributed by atoms with Crippen molar-refractivity contribution in [1.29, 1.82) is 0 Å². The molecule has 1 atom stereocenters. The predicted molar refractivity (Wildman–Crippen MR) is 211 cm³/mol. The molecule has 5 fully saturated rings. The van der Waals surface area contributed by atoms with E-state index in [-0.39, 0.29) is 42.1 Å². The number of carbonyl (C=O) groups excluding carboxylic acids is 4. The van der Waals surface area contributed by atoms with E-state index in [4.69, 9.17) is 9.47 Å². The molecule has 2 aromatic carbocycles. The van der Waals surface area contributed by atoms with E-state index in [0.29, 0.717) is 99.6 Å². The molecule has 3 N–H and O–H groups in total. The van der Waals surface area contributed by atoms with E-state index in [1.807, 2.05) is 4.90 Å². The summed E-state index contributed by atoms with van der Waals surface area (Å²) in [5.41, 5.74) is 2.30. The minimum atomic E-state index is -0.572. The number of halogens is 2. The lowest BCUT2D eigenvalue weighted by Crippen LogP contribution is -2.54. The Morgan fingerprint density at radius 3 is 2.40 bits per heavy atom. The number of aromatic nitrogens is 2. The lowest BCUT2D eigenvalue weighted by Gasteiger charge is -2.43. The highest BCUT2D eigenvalue weighted by atomic mass is 19.1. The molecule has 1 aliphatic carbocycles. The van der Waals surface area contributed by atoms with Gasteiger partial charge in [-0.1, -0.05) is 12.1 Å². The van der Waals surface area contributed by atoms with E-state index < -0.39 is 23.9 Å². The van der Waals surface area contributed by atoms with Gasteiger partial charge in [-0.3, -0.25) is 24.7 Å². The first-order valence-corrected chi connectivity index (χ1v) is 20.3. The van der Waals surface area contributed by atoms with Gasteiger partial charge in [0.2, 0.25) is 17.8 Å². The van der Waals surface area contributed by atoms with Crippen LogP contribution in [0.15, 0.2) is 48.7 Å². The SMILES string of the molecule is O=C1CCC(Nc2ccc(N3CCN(C4CCN(C(=O)OC5CCC(Nc6ncc(F)c(-c7cccc(N8CCCOC8=O)c7)n6)CC5)CC4)CC3)c(F)c2)C(=O)N1. The number of piperazine rings is 1. The maximum atomic E-state index is 15.2. The fourth-order valence-electron chi connectivity index (χ4n) is 8.60. The number of hydrogen-bond donors (Lipinski definition) is 3. The number of amides is 4. The Kier molecular flexibility index (Phi) is 11.8. The summed E-state index contributed by atoms with van der Waals surface area (Å²) in [6.07, 6.45) is 6.13. The van der Waals surface area contributed by atoms with Crippen molar-refractivity contribution in [3.05, 3.63) is 60.3 Å². The van der Waals surface area contributed by atoms with E-state index in [9.17, 15) is 23.6 Å². The van der Waals surface area contributed by atoms with Gasteiger partial charge in [-0.05, 0) is 81.7 Å². The van der Waals surface area contributed by atoms with E-state index in [1.165, 1.54) is 11.0 Å². The first-order valence-electron chi connectivity index (χ1n) is 20.3. The van der Waals surface area contributed by atoms with Crippen LogP contribution in [0.4, 0.5) is 41.4 Å². The van der Waals surface area contributed by atoms with Gasteiger partial charge < -0.3 is 29.9 Å². The molecule has 17 heteroatoms. The van der Waals surface area contributed by atoms with Crippen molar-refractivity contribution in [2.24, 2.45) is 0 Å². The normalized spacial score (nSPS) is 23.6. The monoisotopic (exact) mass is 801 g/mol. The number of nitrogens with one attached hydrogen (secondary N) is 3. The Morgan fingerprint density at radius 1 is 0.862 bits per heavy atom. The molecule has 1 saturated carbocycles. The van der Waals surface area contributed by atoms with E-state index >= 15 is 4.39 Å². The maximum absolute atomic E-state index is 15.2. The second kappa shape index (κ2) is 17.5. The lowest BCUT2D eigenvalue weighted by atomic mass is 9.93. The summed E-state index contributed by atoms with van der Waals surface area (Å²) in [7, 11) is 0. The van der Waals surface area contributed by atoms with Crippen LogP contribution in [0.5, 0.6) is 0 Å². The molecule has 0 radical (unpaired) electrons. The van der Waals surface area contributed by atoms with Crippen molar-refractivity contribution in [3.63, 3.8) is 0 Å². The van der Waals surface area contributed by atoms with Crippen LogP contribution in [0.3, 0.4) is 0 Å². The van der Waals surface area contributed by atoms with Crippen LogP contribution in [0, 0.1) is 11.6 Å². The third-order valence-electron chi connectivity index (χ3n) is 11.8. The number of cyclic esters (lactones) is 1. The van der Waals surface area contributed by atoms with Crippen molar-refractivity contribution in [1.82, 2.24) is 25.1 Å². The van der Waals surface area contributed by atoms with Crippen molar-refractivity contribution in [2.45, 2.75) is 82.0 Å². The van der Waals surface area contributed by atoms with Crippen molar-refractivity contribution in [3.8, 4) is 11.3 Å². The summed E-state index contributed by atoms with van der Waals surface area (Å²) in [6.45, 7) is 5.08. The molecule has 4 aliphatic heterocycles. The minimum absolute atomic E-state index is 0.0387. The summed E-state index contributed by atoms with van der Waals surface area (Å²) >= 11 is 0. The molecule has 0 spiro atoms. The highest BCUT2D eigenvalue weighted by molar-refractivity contribution is 6.01. The Hall–Kier alpha value is -5.58. The number of piperidine rings is 2. The third-order valence-corrected chi connectivity index (χ3v) is 11.8. The zero-order valence-electron chi connectivity index (χ0n) is 32.3. The zero-order chi connectivity index (χ0) is 40.2. The molecule has 1 aromatic heterocycles. The molecular formula is C41H49F2N9O6. The molecule has 5 aliphatic rings. The number of imide groups is 1. The van der Waals surface area contributed by atoms with Gasteiger partial charge in [-0.2, -0.15) is 0 Å². The van der Waals surface area contributed by atoms with Crippen LogP contribution in [-0.2, 0) is 19.1 Å². The molecule has 15 nitrogen and oxygen atoms in total. The Bertz CT molecular complexity index is 2000. The molecule has 308 valence electrons. The fraction of sp³-hybridized carbons (Fsp3) is 0.512. The predicted octanol–water partition coefficient (Wildman–Crippen LogP) is 5.13. The highest BCUT2D eigenvalue weighted by Crippen LogP contribution is 2.31. The van der Waals surface area contributed by atoms with E-state index in [1.54, 1.807) is 41.3 Å². The Labute approximate surface area is 335 Å². The summed E-state index contributed by atoms with van der Waals surface area (Å²) in [5, 5.41) is 8.68. The van der Waals surface area contributed by atoms with Crippen LogP contribution in [0.2, 0.25) is 0 Å². The quantitative estimate of drug-likeness (QED) is 0.245. The summed E-state index contributed by atoms with van der Waals surface area (Å²) in [6, 6.07) is 11.7. The highest BCUT2D eigenvalue weighted by Gasteiger charge is 2.33. The van der Waals surface area contributed by atoms with Gasteiger partial charge >= 0.3 is 12.2 Å². The van der Waals surface area contributed by atoms with Crippen LogP contribution in [0.1, 0.15) is 57.8 Å². The smallest absolute Gasteiger partial charge is 0.414 e. The first-order chi connectivity index (χ1) is 28.2. The summed E-state index contributed by atoms with van der Waals surface area (Å²) in [5.74, 6) is -1.30. The van der Waals surface area contributed by atoms with Crippen LogP contribution < -0.4 is 25.8 Å². The third kappa shape index (κ3) is 9.09. The zero-order valence-corrected chi connectivity index (χ0v) is 32.3. The van der Waals surface area contributed by atoms with Gasteiger partial charge in [0.15, 0.2) is 5.82 Å². The summed E-state index contributed by atoms with van der Waals surface area (Å²) < 4.78 is 41.3. The number of hydrogen-bond acceptors (Lipinski definition) is 12. The second-order valence-corrected chi connectivity index (χ2v) is 15.6. The molecular weight excluding hydrogens is 753 g/mol. The summed E-state index contributed by atoms with van der Waals surface area (Å²) in [4.78, 5) is 65.4. The number of likely N-dealkylation sites (tertiary alicyclic amines) is 1. The number of nitrogens with zero attached hydrogens (tertiary/aromatic N) is 6. The average Bonchev–Trinajstić information content (AvgIpc) is 3.24. The van der Waals surface area contributed by atoms with Crippen molar-refractivity contribution < 1.29 is 37.4 Å². The van der Waals surface area contributed by atoms with E-state index in [0.717, 1.165) is 45.0 Å². The molecule has 3 aromatic rings. The van der Waals surface area contributed by atoms with Crippen LogP contribution in [0.25, 0.3) is 11.3 Å². The van der Waals surface area contributed by atoms with Gasteiger partial charge in [0, 0.05) is 81.3 Å². The Balaban J connectivity index is 0.754. The Morgan fingerprint density at radius 2 is 1.66 bits per heavy atom. The van der Waals surface area contributed by atoms with Crippen LogP contribution in [-0.4, -0.2) is 120 Å². The first kappa shape index (κ1) is 39.3. The second-order valence-electron chi connectivity index (χ2n) is 15.6. The standard InChI is InChI=1S/C41H49F2N9O6/c42-32-24-28(45-34-10-12-36(53)47-38(34)54)7-11-35(32)50-20-18-49(19-21-50)29-13-16-51(17-14-29)40(55)58-31-8-5-27(6-9-31)46-39-44-25-33(43)37(48-39)26-3-1-4-30(23-26)52-15-2-22-57-41(52)56/h1,3-4,7,11,23-25,27,29,31,34,45H,2,5-6,8-10,12-22H2,(H,44,46,48)(H,47,53,54).